The maximum atomic E-state index is 5.66. The van der Waals surface area contributed by atoms with Crippen molar-refractivity contribution < 1.29 is 9.47 Å². The number of halogens is 1. The van der Waals surface area contributed by atoms with E-state index < -0.39 is 0 Å². The maximum absolute atomic E-state index is 5.66. The number of ether oxygens (including phenoxy) is 2. The van der Waals surface area contributed by atoms with Crippen LogP contribution < -0.4 is 0 Å². The predicted molar refractivity (Wildman–Crippen MR) is 71.4 cm³/mol. The van der Waals surface area contributed by atoms with Crippen molar-refractivity contribution in [1.29, 1.82) is 0 Å². The first-order chi connectivity index (χ1) is 7.34. The van der Waals surface area contributed by atoms with Gasteiger partial charge in [0.05, 0.1) is 10.5 Å². The highest BCUT2D eigenvalue weighted by molar-refractivity contribution is 14.1. The highest BCUT2D eigenvalue weighted by atomic mass is 127. The second-order valence-corrected chi connectivity index (χ2v) is 5.52. The summed E-state index contributed by atoms with van der Waals surface area (Å²) in [5, 5.41) is 0. The predicted octanol–water partition coefficient (Wildman–Crippen LogP) is 3.69. The van der Waals surface area contributed by atoms with Gasteiger partial charge in [-0.25, -0.2) is 0 Å². The van der Waals surface area contributed by atoms with Crippen LogP contribution >= 0.6 is 22.6 Å². The summed E-state index contributed by atoms with van der Waals surface area (Å²) in [5.41, 5.74) is 0. The van der Waals surface area contributed by atoms with Gasteiger partial charge in [0.15, 0.2) is 6.29 Å². The van der Waals surface area contributed by atoms with Crippen LogP contribution in [0.15, 0.2) is 12.2 Å². The first-order valence-corrected chi connectivity index (χ1v) is 7.02. The lowest BCUT2D eigenvalue weighted by Gasteiger charge is -2.21. The van der Waals surface area contributed by atoms with Crippen molar-refractivity contribution >= 4 is 22.6 Å². The lowest BCUT2D eigenvalue weighted by molar-refractivity contribution is -0.112. The van der Waals surface area contributed by atoms with E-state index in [4.69, 9.17) is 9.47 Å². The molecule has 0 spiro atoms. The number of hydrogen-bond donors (Lipinski definition) is 0. The average Bonchev–Trinajstić information content (AvgIpc) is 2.23. The minimum atomic E-state index is -0.0466. The first-order valence-electron chi connectivity index (χ1n) is 5.78. The quantitative estimate of drug-likeness (QED) is 0.416. The smallest absolute Gasteiger partial charge is 0.169 e. The zero-order valence-electron chi connectivity index (χ0n) is 9.45. The van der Waals surface area contributed by atoms with E-state index >= 15 is 0 Å². The highest BCUT2D eigenvalue weighted by Crippen LogP contribution is 2.19. The van der Waals surface area contributed by atoms with E-state index in [1.54, 1.807) is 7.11 Å². The molecule has 0 aromatic carbocycles. The van der Waals surface area contributed by atoms with Crippen molar-refractivity contribution in [2.24, 2.45) is 0 Å². The van der Waals surface area contributed by atoms with Crippen LogP contribution in [-0.4, -0.2) is 23.9 Å². The largest absolute Gasteiger partial charge is 0.355 e. The van der Waals surface area contributed by atoms with Gasteiger partial charge in [0.2, 0.25) is 0 Å². The lowest BCUT2D eigenvalue weighted by atomic mass is 10.1. The van der Waals surface area contributed by atoms with Crippen molar-refractivity contribution in [2.45, 2.75) is 48.7 Å². The molecule has 1 aliphatic rings. The number of methoxy groups -OCH3 is 1. The van der Waals surface area contributed by atoms with E-state index in [1.165, 1.54) is 38.5 Å². The minimum Gasteiger partial charge on any atom is -0.355 e. The molecule has 0 aliphatic carbocycles. The Hall–Kier alpha value is 0.390. The van der Waals surface area contributed by atoms with Crippen molar-refractivity contribution in [3.63, 3.8) is 0 Å². The van der Waals surface area contributed by atoms with Gasteiger partial charge in [-0.2, -0.15) is 0 Å². The monoisotopic (exact) mass is 324 g/mol. The number of hydrogen-bond acceptors (Lipinski definition) is 2. The third-order valence-corrected chi connectivity index (χ3v) is 3.86. The van der Waals surface area contributed by atoms with Gasteiger partial charge in [0, 0.05) is 7.11 Å². The molecule has 0 aromatic heterocycles. The van der Waals surface area contributed by atoms with Crippen molar-refractivity contribution in [3.05, 3.63) is 12.2 Å². The molecule has 1 heterocycles. The number of alkyl halides is 1. The number of rotatable bonds is 1. The zero-order valence-corrected chi connectivity index (χ0v) is 11.6. The molecular formula is C12H21IO2. The van der Waals surface area contributed by atoms with Crippen molar-refractivity contribution in [1.82, 2.24) is 0 Å². The Labute approximate surface area is 107 Å². The molecule has 0 radical (unpaired) electrons. The van der Waals surface area contributed by atoms with Crippen LogP contribution in [0.3, 0.4) is 0 Å². The maximum Gasteiger partial charge on any atom is 0.169 e. The van der Waals surface area contributed by atoms with Gasteiger partial charge >= 0.3 is 0 Å². The second-order valence-electron chi connectivity index (χ2n) is 3.92. The molecular weight excluding hydrogens is 303 g/mol. The highest BCUT2D eigenvalue weighted by Gasteiger charge is 2.17. The minimum absolute atomic E-state index is 0.0466. The third kappa shape index (κ3) is 5.88. The second kappa shape index (κ2) is 8.53. The topological polar surface area (TPSA) is 18.5 Å². The summed E-state index contributed by atoms with van der Waals surface area (Å²) >= 11 is 2.44. The molecule has 2 atom stereocenters. The molecule has 1 unspecified atom stereocenters. The summed E-state index contributed by atoms with van der Waals surface area (Å²) < 4.78 is 11.5. The third-order valence-electron chi connectivity index (χ3n) is 2.65. The summed E-state index contributed by atoms with van der Waals surface area (Å²) in [7, 11) is 1.73. The van der Waals surface area contributed by atoms with E-state index in [-0.39, 0.29) is 6.29 Å². The summed E-state index contributed by atoms with van der Waals surface area (Å²) in [6.45, 7) is 0.679. The van der Waals surface area contributed by atoms with Gasteiger partial charge in [-0.3, -0.25) is 0 Å². The summed E-state index contributed by atoms with van der Waals surface area (Å²) in [6, 6.07) is 0. The molecule has 2 nitrogen and oxygen atoms in total. The van der Waals surface area contributed by atoms with Gasteiger partial charge in [0.1, 0.15) is 0 Å². The molecule has 0 saturated heterocycles. The van der Waals surface area contributed by atoms with Gasteiger partial charge in [-0.05, 0) is 19.3 Å². The van der Waals surface area contributed by atoms with E-state index in [9.17, 15) is 0 Å². The molecule has 1 aliphatic heterocycles. The normalized spacial score (nSPS) is 32.7. The van der Waals surface area contributed by atoms with Crippen molar-refractivity contribution in [2.75, 3.05) is 13.7 Å². The van der Waals surface area contributed by atoms with E-state index in [0.29, 0.717) is 10.5 Å². The van der Waals surface area contributed by atoms with Crippen LogP contribution in [0.5, 0.6) is 0 Å². The molecule has 0 saturated carbocycles. The van der Waals surface area contributed by atoms with Gasteiger partial charge in [-0.15, -0.1) is 0 Å². The number of allylic oxidation sites excluding steroid dienone is 1. The van der Waals surface area contributed by atoms with Crippen molar-refractivity contribution in [3.8, 4) is 0 Å². The first kappa shape index (κ1) is 13.5. The van der Waals surface area contributed by atoms with E-state index in [2.05, 4.69) is 34.7 Å². The lowest BCUT2D eigenvalue weighted by Crippen LogP contribution is -2.26. The Morgan fingerprint density at radius 2 is 2.00 bits per heavy atom. The fourth-order valence-corrected chi connectivity index (χ4v) is 2.69. The zero-order chi connectivity index (χ0) is 10.9. The Bertz CT molecular complexity index is 182. The van der Waals surface area contributed by atoms with Crippen LogP contribution in [0.1, 0.15) is 38.5 Å². The van der Waals surface area contributed by atoms with Crippen LogP contribution in [-0.2, 0) is 9.47 Å². The molecule has 0 amide bonds. The fourth-order valence-electron chi connectivity index (χ4n) is 1.75. The van der Waals surface area contributed by atoms with Crippen LogP contribution in [0.25, 0.3) is 0 Å². The molecule has 1 rings (SSSR count). The average molecular weight is 324 g/mol. The Morgan fingerprint density at radius 1 is 1.20 bits per heavy atom. The SMILES string of the molecule is CO[C@@H]1OC/C=C\CCCCCCC1I. The summed E-state index contributed by atoms with van der Waals surface area (Å²) in [6.07, 6.45) is 12.0. The van der Waals surface area contributed by atoms with Gasteiger partial charge in [-0.1, -0.05) is 54.0 Å². The van der Waals surface area contributed by atoms with Crippen LogP contribution in [0.2, 0.25) is 0 Å². The molecule has 88 valence electrons. The fraction of sp³-hybridized carbons (Fsp3) is 0.833. The molecule has 0 N–H and O–H groups in total. The van der Waals surface area contributed by atoms with E-state index in [0.717, 1.165) is 0 Å². The molecule has 15 heavy (non-hydrogen) atoms. The summed E-state index contributed by atoms with van der Waals surface area (Å²) in [5.74, 6) is 0. The Morgan fingerprint density at radius 3 is 2.80 bits per heavy atom. The standard InChI is InChI=1S/C12H21IO2/c1-14-12-11(13)9-7-5-3-2-4-6-8-10-15-12/h6,8,11-12H,2-5,7,9-10H2,1H3/b8-6-/t11?,12-/m1/s1. The molecule has 0 fully saturated rings. The Balaban J connectivity index is 2.40. The molecule has 3 heteroatoms. The van der Waals surface area contributed by atoms with Crippen LogP contribution in [0.4, 0.5) is 0 Å². The van der Waals surface area contributed by atoms with Gasteiger partial charge < -0.3 is 9.47 Å². The molecule has 0 bridgehead atoms. The Kier molecular flexibility index (Phi) is 7.65. The summed E-state index contributed by atoms with van der Waals surface area (Å²) in [4.78, 5) is 0. The van der Waals surface area contributed by atoms with E-state index in [1.807, 2.05) is 0 Å². The van der Waals surface area contributed by atoms with Gasteiger partial charge in [0.25, 0.3) is 0 Å². The molecule has 0 aromatic rings. The van der Waals surface area contributed by atoms with Crippen LogP contribution in [0, 0.1) is 0 Å².